The molecule has 0 saturated carbocycles. The van der Waals surface area contributed by atoms with Crippen LogP contribution >= 0.6 is 0 Å². The average Bonchev–Trinajstić information content (AvgIpc) is 2.25. The normalized spacial score (nSPS) is 13.4. The second-order valence-electron chi connectivity index (χ2n) is 3.13. The van der Waals surface area contributed by atoms with Gasteiger partial charge in [-0.25, -0.2) is 0 Å². The van der Waals surface area contributed by atoms with Gasteiger partial charge in [-0.2, -0.15) is 13.2 Å². The lowest BCUT2D eigenvalue weighted by Gasteiger charge is -2.19. The molecule has 0 saturated heterocycles. The summed E-state index contributed by atoms with van der Waals surface area (Å²) in [4.78, 5) is 0. The molecule has 1 aromatic rings. The standard InChI is InChI=1S/C10H12F3NO2/c1-15-6-3-4-8(16-2)7(5-6)9(14)10(11,12)13/h3-5,9H,14H2,1-2H3/t9-/m0/s1. The van der Waals surface area contributed by atoms with Crippen molar-refractivity contribution in [1.29, 1.82) is 0 Å². The summed E-state index contributed by atoms with van der Waals surface area (Å²) in [5.74, 6) is 0.390. The summed E-state index contributed by atoms with van der Waals surface area (Å²) < 4.78 is 47.1. The molecule has 1 rings (SSSR count). The Bertz CT molecular complexity index is 366. The molecule has 0 aliphatic carbocycles. The monoisotopic (exact) mass is 235 g/mol. The summed E-state index contributed by atoms with van der Waals surface area (Å²) in [6.45, 7) is 0. The molecule has 1 atom stereocenters. The maximum absolute atomic E-state index is 12.5. The highest BCUT2D eigenvalue weighted by molar-refractivity contribution is 5.42. The molecule has 0 aliphatic heterocycles. The summed E-state index contributed by atoms with van der Waals surface area (Å²) in [6, 6.07) is 2.03. The molecule has 0 fully saturated rings. The minimum absolute atomic E-state index is 0.0885. The van der Waals surface area contributed by atoms with Gasteiger partial charge in [0.1, 0.15) is 17.5 Å². The van der Waals surface area contributed by atoms with Crippen molar-refractivity contribution >= 4 is 0 Å². The van der Waals surface area contributed by atoms with E-state index in [0.29, 0.717) is 5.75 Å². The number of benzene rings is 1. The van der Waals surface area contributed by atoms with Crippen LogP contribution in [-0.2, 0) is 0 Å². The van der Waals surface area contributed by atoms with Crippen LogP contribution in [0.5, 0.6) is 11.5 Å². The van der Waals surface area contributed by atoms with E-state index in [0.717, 1.165) is 0 Å². The molecule has 2 N–H and O–H groups in total. The molecule has 1 aromatic carbocycles. The van der Waals surface area contributed by atoms with Crippen LogP contribution in [-0.4, -0.2) is 20.4 Å². The fraction of sp³-hybridized carbons (Fsp3) is 0.400. The van der Waals surface area contributed by atoms with E-state index in [1.807, 2.05) is 0 Å². The Balaban J connectivity index is 3.18. The Morgan fingerprint density at radius 3 is 2.25 bits per heavy atom. The number of rotatable bonds is 3. The first-order valence-corrected chi connectivity index (χ1v) is 4.44. The zero-order valence-electron chi connectivity index (χ0n) is 8.84. The molecule has 0 radical (unpaired) electrons. The van der Waals surface area contributed by atoms with Crippen molar-refractivity contribution < 1.29 is 22.6 Å². The van der Waals surface area contributed by atoms with Gasteiger partial charge in [-0.3, -0.25) is 0 Å². The molecule has 0 unspecified atom stereocenters. The molecule has 0 aromatic heterocycles. The number of ether oxygens (including phenoxy) is 2. The molecule has 0 spiro atoms. The first kappa shape index (κ1) is 12.6. The largest absolute Gasteiger partial charge is 0.497 e. The molecular formula is C10H12F3NO2. The number of halogens is 3. The average molecular weight is 235 g/mol. The van der Waals surface area contributed by atoms with E-state index < -0.39 is 12.2 Å². The van der Waals surface area contributed by atoms with Crippen LogP contribution in [0, 0.1) is 0 Å². The molecular weight excluding hydrogens is 223 g/mol. The van der Waals surface area contributed by atoms with Crippen LogP contribution in [0.2, 0.25) is 0 Å². The van der Waals surface area contributed by atoms with Crippen LogP contribution in [0.4, 0.5) is 13.2 Å². The maximum atomic E-state index is 12.5. The summed E-state index contributed by atoms with van der Waals surface area (Å²) in [7, 11) is 2.65. The third-order valence-electron chi connectivity index (χ3n) is 2.12. The van der Waals surface area contributed by atoms with Crippen LogP contribution < -0.4 is 15.2 Å². The predicted octanol–water partition coefficient (Wildman–Crippen LogP) is 2.27. The minimum atomic E-state index is -4.51. The first-order chi connectivity index (χ1) is 7.40. The number of alkyl halides is 3. The van der Waals surface area contributed by atoms with Crippen molar-refractivity contribution in [2.45, 2.75) is 12.2 Å². The number of nitrogens with two attached hydrogens (primary N) is 1. The lowest BCUT2D eigenvalue weighted by atomic mass is 10.1. The molecule has 6 heteroatoms. The zero-order chi connectivity index (χ0) is 12.3. The fourth-order valence-corrected chi connectivity index (χ4v) is 1.26. The number of hydrogen-bond acceptors (Lipinski definition) is 3. The smallest absolute Gasteiger partial charge is 0.407 e. The lowest BCUT2D eigenvalue weighted by molar-refractivity contribution is -0.149. The summed E-state index contributed by atoms with van der Waals surface area (Å²) in [5.41, 5.74) is 4.97. The van der Waals surface area contributed by atoms with E-state index in [-0.39, 0.29) is 11.3 Å². The fourth-order valence-electron chi connectivity index (χ4n) is 1.26. The SMILES string of the molecule is COc1ccc(OC)c([C@H](N)C(F)(F)F)c1. The van der Waals surface area contributed by atoms with Gasteiger partial charge in [0.2, 0.25) is 0 Å². The Morgan fingerprint density at radius 1 is 1.19 bits per heavy atom. The summed E-state index contributed by atoms with van der Waals surface area (Å²) in [5, 5.41) is 0. The van der Waals surface area contributed by atoms with Crippen LogP contribution in [0.3, 0.4) is 0 Å². The van der Waals surface area contributed by atoms with Gasteiger partial charge in [-0.05, 0) is 18.2 Å². The van der Waals surface area contributed by atoms with Gasteiger partial charge in [0.25, 0.3) is 0 Å². The lowest BCUT2D eigenvalue weighted by Crippen LogP contribution is -2.28. The van der Waals surface area contributed by atoms with Gasteiger partial charge >= 0.3 is 6.18 Å². The summed E-state index contributed by atoms with van der Waals surface area (Å²) in [6.07, 6.45) is -4.51. The van der Waals surface area contributed by atoms with E-state index in [4.69, 9.17) is 15.2 Å². The Hall–Kier alpha value is -1.43. The van der Waals surface area contributed by atoms with Gasteiger partial charge in [-0.1, -0.05) is 0 Å². The van der Waals surface area contributed by atoms with Crippen molar-refractivity contribution in [3.63, 3.8) is 0 Å². The van der Waals surface area contributed by atoms with Crippen molar-refractivity contribution in [3.8, 4) is 11.5 Å². The quantitative estimate of drug-likeness (QED) is 0.874. The van der Waals surface area contributed by atoms with Crippen molar-refractivity contribution in [2.75, 3.05) is 14.2 Å². The predicted molar refractivity (Wildman–Crippen MR) is 52.5 cm³/mol. The molecule has 3 nitrogen and oxygen atoms in total. The van der Waals surface area contributed by atoms with Crippen molar-refractivity contribution in [1.82, 2.24) is 0 Å². The second kappa shape index (κ2) is 4.61. The van der Waals surface area contributed by atoms with Gasteiger partial charge in [0, 0.05) is 5.56 Å². The zero-order valence-corrected chi connectivity index (χ0v) is 8.84. The van der Waals surface area contributed by atoms with Crippen LogP contribution in [0.15, 0.2) is 18.2 Å². The van der Waals surface area contributed by atoms with Crippen molar-refractivity contribution in [2.24, 2.45) is 5.73 Å². The van der Waals surface area contributed by atoms with Crippen molar-refractivity contribution in [3.05, 3.63) is 23.8 Å². The van der Waals surface area contributed by atoms with E-state index in [2.05, 4.69) is 0 Å². The van der Waals surface area contributed by atoms with E-state index in [1.54, 1.807) is 0 Å². The number of hydrogen-bond donors (Lipinski definition) is 1. The minimum Gasteiger partial charge on any atom is -0.497 e. The molecule has 0 bridgehead atoms. The molecule has 0 amide bonds. The van der Waals surface area contributed by atoms with Gasteiger partial charge in [0.05, 0.1) is 14.2 Å². The van der Waals surface area contributed by atoms with Crippen LogP contribution in [0.1, 0.15) is 11.6 Å². The Morgan fingerprint density at radius 2 is 1.81 bits per heavy atom. The van der Waals surface area contributed by atoms with E-state index >= 15 is 0 Å². The molecule has 16 heavy (non-hydrogen) atoms. The van der Waals surface area contributed by atoms with Gasteiger partial charge in [0.15, 0.2) is 0 Å². The van der Waals surface area contributed by atoms with Gasteiger partial charge < -0.3 is 15.2 Å². The third-order valence-corrected chi connectivity index (χ3v) is 2.12. The van der Waals surface area contributed by atoms with E-state index in [9.17, 15) is 13.2 Å². The third kappa shape index (κ3) is 2.57. The first-order valence-electron chi connectivity index (χ1n) is 4.44. The number of methoxy groups -OCH3 is 2. The Labute approximate surface area is 91.0 Å². The van der Waals surface area contributed by atoms with E-state index in [1.165, 1.54) is 32.4 Å². The second-order valence-corrected chi connectivity index (χ2v) is 3.13. The summed E-state index contributed by atoms with van der Waals surface area (Å²) >= 11 is 0. The van der Waals surface area contributed by atoms with Crippen LogP contribution in [0.25, 0.3) is 0 Å². The topological polar surface area (TPSA) is 44.5 Å². The maximum Gasteiger partial charge on any atom is 0.407 e. The highest BCUT2D eigenvalue weighted by Gasteiger charge is 2.39. The van der Waals surface area contributed by atoms with Gasteiger partial charge in [-0.15, -0.1) is 0 Å². The molecule has 0 aliphatic rings. The Kier molecular flexibility index (Phi) is 3.64. The highest BCUT2D eigenvalue weighted by atomic mass is 19.4. The molecule has 0 heterocycles. The highest BCUT2D eigenvalue weighted by Crippen LogP contribution is 2.37. The molecule has 90 valence electrons.